The predicted molar refractivity (Wildman–Crippen MR) is 106 cm³/mol. The van der Waals surface area contributed by atoms with Crippen LogP contribution in [0.2, 0.25) is 0 Å². The van der Waals surface area contributed by atoms with E-state index in [4.69, 9.17) is 0 Å². The number of nitriles is 1. The first-order valence-corrected chi connectivity index (χ1v) is 8.84. The molecule has 0 unspecified atom stereocenters. The zero-order valence-corrected chi connectivity index (χ0v) is 16.4. The van der Waals surface area contributed by atoms with Gasteiger partial charge in [0.1, 0.15) is 11.9 Å². The van der Waals surface area contributed by atoms with Crippen molar-refractivity contribution in [3.63, 3.8) is 0 Å². The second kappa shape index (κ2) is 7.56. The summed E-state index contributed by atoms with van der Waals surface area (Å²) in [6, 6.07) is 11.9. The smallest absolute Gasteiger partial charge is 0.332 e. The van der Waals surface area contributed by atoms with Crippen molar-refractivity contribution < 1.29 is 0 Å². The average molecular weight is 378 g/mol. The Bertz CT molecular complexity index is 1190. The quantitative estimate of drug-likeness (QED) is 0.724. The van der Waals surface area contributed by atoms with Gasteiger partial charge in [-0.05, 0) is 31.0 Å². The lowest BCUT2D eigenvalue weighted by molar-refractivity contribution is 0.658. The van der Waals surface area contributed by atoms with Crippen LogP contribution in [-0.4, -0.2) is 18.9 Å². The molecule has 0 bridgehead atoms. The van der Waals surface area contributed by atoms with E-state index in [1.807, 2.05) is 54.9 Å². The molecule has 8 heteroatoms. The maximum atomic E-state index is 12.2. The Hall–Kier alpha value is -3.60. The number of nitrogens with one attached hydrogen (secondary N) is 1. The van der Waals surface area contributed by atoms with Crippen molar-refractivity contribution in [2.24, 2.45) is 14.1 Å². The van der Waals surface area contributed by atoms with Gasteiger partial charge in [0.2, 0.25) is 0 Å². The van der Waals surface area contributed by atoms with Gasteiger partial charge in [-0.15, -0.1) is 0 Å². The molecule has 0 amide bonds. The standard InChI is InChI=1S/C20H22N6O2/c1-13-8-14(2)26(23-13)12-16-7-5-6-15(9-16)11-22-18-17(10-21)19(27)25(4)20(28)24(18)3/h5-9,22H,11-12H2,1-4H3. The molecule has 0 radical (unpaired) electrons. The third kappa shape index (κ3) is 3.60. The summed E-state index contributed by atoms with van der Waals surface area (Å²) < 4.78 is 4.15. The summed E-state index contributed by atoms with van der Waals surface area (Å²) >= 11 is 0. The van der Waals surface area contributed by atoms with Gasteiger partial charge in [-0.25, -0.2) is 4.79 Å². The molecular weight excluding hydrogens is 356 g/mol. The molecule has 3 aromatic rings. The molecule has 0 atom stereocenters. The highest BCUT2D eigenvalue weighted by atomic mass is 16.2. The summed E-state index contributed by atoms with van der Waals surface area (Å²) in [5, 5.41) is 16.9. The topological polar surface area (TPSA) is 97.6 Å². The van der Waals surface area contributed by atoms with E-state index in [1.54, 1.807) is 0 Å². The van der Waals surface area contributed by atoms with Crippen LogP contribution in [0.15, 0.2) is 39.9 Å². The van der Waals surface area contributed by atoms with E-state index in [-0.39, 0.29) is 11.4 Å². The number of hydrogen-bond acceptors (Lipinski definition) is 5. The van der Waals surface area contributed by atoms with Crippen molar-refractivity contribution in [3.8, 4) is 6.07 Å². The molecule has 2 aromatic heterocycles. The summed E-state index contributed by atoms with van der Waals surface area (Å²) in [6.07, 6.45) is 0. The number of hydrogen-bond donors (Lipinski definition) is 1. The van der Waals surface area contributed by atoms with E-state index in [9.17, 15) is 14.9 Å². The van der Waals surface area contributed by atoms with Gasteiger partial charge in [0.25, 0.3) is 5.56 Å². The minimum atomic E-state index is -0.605. The summed E-state index contributed by atoms with van der Waals surface area (Å²) in [5.41, 5.74) is 2.96. The van der Waals surface area contributed by atoms with Crippen LogP contribution in [-0.2, 0) is 27.2 Å². The van der Waals surface area contributed by atoms with Crippen molar-refractivity contribution in [1.82, 2.24) is 18.9 Å². The number of nitrogens with zero attached hydrogens (tertiary/aromatic N) is 5. The van der Waals surface area contributed by atoms with Gasteiger partial charge in [0.15, 0.2) is 5.56 Å². The number of benzene rings is 1. The van der Waals surface area contributed by atoms with Crippen LogP contribution in [0.5, 0.6) is 0 Å². The molecular formula is C20H22N6O2. The Balaban J connectivity index is 1.85. The monoisotopic (exact) mass is 378 g/mol. The molecule has 0 saturated carbocycles. The van der Waals surface area contributed by atoms with Crippen molar-refractivity contribution in [2.45, 2.75) is 26.9 Å². The molecule has 1 aromatic carbocycles. The first-order chi connectivity index (χ1) is 13.3. The SMILES string of the molecule is Cc1cc(C)n(Cc2cccc(CNc3c(C#N)c(=O)n(C)c(=O)n3C)c2)n1. The Labute approximate surface area is 162 Å². The van der Waals surface area contributed by atoms with Gasteiger partial charge < -0.3 is 5.32 Å². The van der Waals surface area contributed by atoms with Crippen LogP contribution in [0, 0.1) is 25.2 Å². The molecule has 3 rings (SSSR count). The molecule has 0 spiro atoms. The molecule has 144 valence electrons. The fraction of sp³-hybridized carbons (Fsp3) is 0.300. The Morgan fingerprint density at radius 1 is 1.11 bits per heavy atom. The van der Waals surface area contributed by atoms with Gasteiger partial charge in [-0.2, -0.15) is 10.4 Å². The minimum Gasteiger partial charge on any atom is -0.366 e. The second-order valence-corrected chi connectivity index (χ2v) is 6.80. The molecule has 0 aliphatic carbocycles. The van der Waals surface area contributed by atoms with E-state index in [1.165, 1.54) is 18.7 Å². The zero-order chi connectivity index (χ0) is 20.4. The highest BCUT2D eigenvalue weighted by Gasteiger charge is 2.15. The molecule has 8 nitrogen and oxygen atoms in total. The molecule has 0 saturated heterocycles. The summed E-state index contributed by atoms with van der Waals surface area (Å²) in [4.78, 5) is 24.3. The summed E-state index contributed by atoms with van der Waals surface area (Å²) in [6.45, 7) is 5.01. The molecule has 0 aliphatic rings. The number of aryl methyl sites for hydroxylation is 2. The van der Waals surface area contributed by atoms with Crippen LogP contribution < -0.4 is 16.6 Å². The number of anilines is 1. The zero-order valence-electron chi connectivity index (χ0n) is 16.4. The van der Waals surface area contributed by atoms with Gasteiger partial charge in [0.05, 0.1) is 12.2 Å². The van der Waals surface area contributed by atoms with Crippen LogP contribution in [0.4, 0.5) is 5.82 Å². The van der Waals surface area contributed by atoms with E-state index in [2.05, 4.69) is 10.4 Å². The predicted octanol–water partition coefficient (Wildman–Crippen LogP) is 1.43. The van der Waals surface area contributed by atoms with Gasteiger partial charge in [-0.3, -0.25) is 18.6 Å². The molecule has 0 fully saturated rings. The fourth-order valence-corrected chi connectivity index (χ4v) is 3.18. The maximum absolute atomic E-state index is 12.2. The molecule has 0 aliphatic heterocycles. The summed E-state index contributed by atoms with van der Waals surface area (Å²) in [7, 11) is 2.89. The largest absolute Gasteiger partial charge is 0.366 e. The highest BCUT2D eigenvalue weighted by molar-refractivity contribution is 5.51. The molecule has 28 heavy (non-hydrogen) atoms. The van der Waals surface area contributed by atoms with Crippen LogP contribution in [0.1, 0.15) is 28.1 Å². The number of rotatable bonds is 5. The number of aromatic nitrogens is 4. The average Bonchev–Trinajstić information content (AvgIpc) is 2.99. The second-order valence-electron chi connectivity index (χ2n) is 6.80. The lowest BCUT2D eigenvalue weighted by Crippen LogP contribution is -2.39. The molecule has 2 heterocycles. The van der Waals surface area contributed by atoms with Crippen LogP contribution in [0.25, 0.3) is 0 Å². The van der Waals surface area contributed by atoms with E-state index < -0.39 is 11.2 Å². The maximum Gasteiger partial charge on any atom is 0.332 e. The van der Waals surface area contributed by atoms with Crippen molar-refractivity contribution in [1.29, 1.82) is 5.26 Å². The third-order valence-corrected chi connectivity index (χ3v) is 4.66. The van der Waals surface area contributed by atoms with E-state index in [0.717, 1.165) is 27.1 Å². The van der Waals surface area contributed by atoms with Gasteiger partial charge in [-0.1, -0.05) is 24.3 Å². The fourth-order valence-electron chi connectivity index (χ4n) is 3.18. The Morgan fingerprint density at radius 3 is 2.46 bits per heavy atom. The third-order valence-electron chi connectivity index (χ3n) is 4.66. The Kier molecular flexibility index (Phi) is 5.18. The summed E-state index contributed by atoms with van der Waals surface area (Å²) in [5.74, 6) is 0.222. The Morgan fingerprint density at radius 2 is 1.82 bits per heavy atom. The van der Waals surface area contributed by atoms with Crippen molar-refractivity contribution >= 4 is 5.82 Å². The van der Waals surface area contributed by atoms with Crippen LogP contribution in [0.3, 0.4) is 0 Å². The van der Waals surface area contributed by atoms with Gasteiger partial charge in [0, 0.05) is 26.3 Å². The molecule has 1 N–H and O–H groups in total. The highest BCUT2D eigenvalue weighted by Crippen LogP contribution is 2.13. The lowest BCUT2D eigenvalue weighted by Gasteiger charge is -2.14. The van der Waals surface area contributed by atoms with Crippen molar-refractivity contribution in [2.75, 3.05) is 5.32 Å². The van der Waals surface area contributed by atoms with Gasteiger partial charge >= 0.3 is 5.69 Å². The van der Waals surface area contributed by atoms with Crippen molar-refractivity contribution in [3.05, 3.63) is 79.2 Å². The van der Waals surface area contributed by atoms with E-state index in [0.29, 0.717) is 13.1 Å². The van der Waals surface area contributed by atoms with Crippen LogP contribution >= 0.6 is 0 Å². The first-order valence-electron chi connectivity index (χ1n) is 8.84. The lowest BCUT2D eigenvalue weighted by atomic mass is 10.1. The normalized spacial score (nSPS) is 10.7. The van der Waals surface area contributed by atoms with E-state index >= 15 is 0 Å². The first kappa shape index (κ1) is 19.2. The minimum absolute atomic E-state index is 0.0802.